The minimum absolute atomic E-state index is 0.0568. The highest BCUT2D eigenvalue weighted by Gasteiger charge is 2.24. The van der Waals surface area contributed by atoms with Gasteiger partial charge < -0.3 is 9.64 Å². The van der Waals surface area contributed by atoms with E-state index in [9.17, 15) is 4.79 Å². The normalized spacial score (nSPS) is 14.9. The molecule has 1 saturated heterocycles. The van der Waals surface area contributed by atoms with Gasteiger partial charge in [-0.05, 0) is 30.2 Å². The Hall–Kier alpha value is -2.29. The molecule has 2 aromatic heterocycles. The largest absolute Gasteiger partial charge is 0.497 e. The average molecular weight is 457 g/mol. The van der Waals surface area contributed by atoms with Crippen molar-refractivity contribution in [3.63, 3.8) is 0 Å². The number of piperazine rings is 1. The average Bonchev–Trinajstić information content (AvgIpc) is 3.43. The molecule has 3 aromatic rings. The second kappa shape index (κ2) is 9.89. The fourth-order valence-electron chi connectivity index (χ4n) is 3.60. The molecule has 0 radical (unpaired) electrons. The molecule has 0 saturated carbocycles. The van der Waals surface area contributed by atoms with Gasteiger partial charge in [0.05, 0.1) is 17.8 Å². The van der Waals surface area contributed by atoms with Crippen molar-refractivity contribution in [1.82, 2.24) is 19.8 Å². The molecule has 4 rings (SSSR count). The smallest absolute Gasteiger partial charge is 0.273 e. The van der Waals surface area contributed by atoms with Gasteiger partial charge >= 0.3 is 0 Å². The van der Waals surface area contributed by atoms with Crippen LogP contribution in [0.15, 0.2) is 35.0 Å². The predicted octanol–water partition coefficient (Wildman–Crippen LogP) is 4.43. The van der Waals surface area contributed by atoms with Crippen LogP contribution in [0.4, 0.5) is 0 Å². The number of rotatable bonds is 7. The first-order chi connectivity index (χ1) is 15.0. The van der Waals surface area contributed by atoms with E-state index in [1.54, 1.807) is 29.8 Å². The molecule has 0 spiro atoms. The summed E-state index contributed by atoms with van der Waals surface area (Å²) in [6.45, 7) is 8.31. The highest BCUT2D eigenvalue weighted by atomic mass is 32.1. The van der Waals surface area contributed by atoms with E-state index < -0.39 is 0 Å². The Bertz CT molecular complexity index is 1000. The summed E-state index contributed by atoms with van der Waals surface area (Å²) in [4.78, 5) is 26.4. The van der Waals surface area contributed by atoms with Gasteiger partial charge in [-0.3, -0.25) is 9.69 Å². The maximum atomic E-state index is 12.8. The van der Waals surface area contributed by atoms with Gasteiger partial charge in [0.25, 0.3) is 5.91 Å². The third-order valence-corrected chi connectivity index (χ3v) is 7.10. The second-order valence-electron chi connectivity index (χ2n) is 8.17. The van der Waals surface area contributed by atoms with Crippen LogP contribution in [0.5, 0.6) is 5.75 Å². The molecule has 1 aliphatic rings. The molecule has 164 valence electrons. The Morgan fingerprint density at radius 2 is 1.81 bits per heavy atom. The van der Waals surface area contributed by atoms with Crippen molar-refractivity contribution in [2.75, 3.05) is 33.3 Å². The van der Waals surface area contributed by atoms with Crippen LogP contribution in [-0.2, 0) is 13.0 Å². The molecule has 0 aliphatic carbocycles. The highest BCUT2D eigenvalue weighted by molar-refractivity contribution is 7.13. The number of hydrogen-bond donors (Lipinski definition) is 0. The van der Waals surface area contributed by atoms with Gasteiger partial charge in [0, 0.05) is 55.5 Å². The summed E-state index contributed by atoms with van der Waals surface area (Å²) in [6, 6.07) is 8.00. The summed E-state index contributed by atoms with van der Waals surface area (Å²) in [5, 5.41) is 6.10. The number of amides is 1. The highest BCUT2D eigenvalue weighted by Crippen LogP contribution is 2.26. The van der Waals surface area contributed by atoms with Crippen LogP contribution in [0, 0.1) is 5.92 Å². The van der Waals surface area contributed by atoms with Crippen LogP contribution >= 0.6 is 22.7 Å². The quantitative estimate of drug-likeness (QED) is 0.526. The van der Waals surface area contributed by atoms with Crippen molar-refractivity contribution >= 4 is 28.6 Å². The lowest BCUT2D eigenvalue weighted by Gasteiger charge is -2.34. The Kier molecular flexibility index (Phi) is 6.99. The van der Waals surface area contributed by atoms with Crippen LogP contribution in [0.2, 0.25) is 0 Å². The van der Waals surface area contributed by atoms with E-state index in [0.29, 0.717) is 11.6 Å². The minimum atomic E-state index is 0.0568. The molecule has 0 N–H and O–H groups in total. The zero-order valence-electron chi connectivity index (χ0n) is 18.2. The number of aromatic nitrogens is 2. The third-order valence-electron chi connectivity index (χ3n) is 5.29. The monoisotopic (exact) mass is 456 g/mol. The molecular formula is C23H28N4O2S2. The zero-order chi connectivity index (χ0) is 21.8. The lowest BCUT2D eigenvalue weighted by atomic mass is 10.1. The van der Waals surface area contributed by atoms with Gasteiger partial charge in [0.2, 0.25) is 0 Å². The van der Waals surface area contributed by atoms with Crippen LogP contribution in [0.25, 0.3) is 10.6 Å². The first-order valence-corrected chi connectivity index (χ1v) is 12.3. The molecule has 0 unspecified atom stereocenters. The van der Waals surface area contributed by atoms with E-state index in [4.69, 9.17) is 9.72 Å². The van der Waals surface area contributed by atoms with Crippen molar-refractivity contribution < 1.29 is 9.53 Å². The maximum absolute atomic E-state index is 12.8. The van der Waals surface area contributed by atoms with Gasteiger partial charge in [-0.15, -0.1) is 22.7 Å². The van der Waals surface area contributed by atoms with E-state index in [-0.39, 0.29) is 5.91 Å². The SMILES string of the molecule is COc1ccc(-c2nc(CN3CCN(C(=O)c4csc(CC(C)C)n4)CC3)cs2)cc1. The number of carbonyl (C=O) groups is 1. The van der Waals surface area contributed by atoms with E-state index in [1.165, 1.54) is 0 Å². The first-order valence-electron chi connectivity index (χ1n) is 10.6. The molecule has 8 heteroatoms. The molecule has 6 nitrogen and oxygen atoms in total. The molecule has 0 atom stereocenters. The fraction of sp³-hybridized carbons (Fsp3) is 0.435. The summed E-state index contributed by atoms with van der Waals surface area (Å²) >= 11 is 3.26. The van der Waals surface area contributed by atoms with Crippen molar-refractivity contribution in [3.8, 4) is 16.3 Å². The topological polar surface area (TPSA) is 58.6 Å². The number of hydrogen-bond acceptors (Lipinski definition) is 7. The lowest BCUT2D eigenvalue weighted by Crippen LogP contribution is -2.48. The molecule has 31 heavy (non-hydrogen) atoms. The second-order valence-corrected chi connectivity index (χ2v) is 9.97. The zero-order valence-corrected chi connectivity index (χ0v) is 19.8. The number of ether oxygens (including phenoxy) is 1. The molecule has 1 aliphatic heterocycles. The number of thiazole rings is 2. The van der Waals surface area contributed by atoms with Gasteiger partial charge in [-0.25, -0.2) is 9.97 Å². The Morgan fingerprint density at radius 3 is 2.48 bits per heavy atom. The van der Waals surface area contributed by atoms with Crippen LogP contribution in [0.1, 0.15) is 35.0 Å². The van der Waals surface area contributed by atoms with Crippen molar-refractivity contribution in [3.05, 3.63) is 51.4 Å². The Balaban J connectivity index is 1.29. The van der Waals surface area contributed by atoms with E-state index in [0.717, 1.165) is 66.2 Å². The predicted molar refractivity (Wildman–Crippen MR) is 126 cm³/mol. The Morgan fingerprint density at radius 1 is 1.06 bits per heavy atom. The van der Waals surface area contributed by atoms with Gasteiger partial charge in [0.1, 0.15) is 16.5 Å². The maximum Gasteiger partial charge on any atom is 0.273 e. The summed E-state index contributed by atoms with van der Waals surface area (Å²) in [7, 11) is 1.67. The van der Waals surface area contributed by atoms with Gasteiger partial charge in [0.15, 0.2) is 0 Å². The molecule has 1 fully saturated rings. The van der Waals surface area contributed by atoms with Crippen molar-refractivity contribution in [2.45, 2.75) is 26.8 Å². The molecule has 3 heterocycles. The summed E-state index contributed by atoms with van der Waals surface area (Å²) < 4.78 is 5.23. The number of methoxy groups -OCH3 is 1. The molecular weight excluding hydrogens is 428 g/mol. The van der Waals surface area contributed by atoms with E-state index >= 15 is 0 Å². The minimum Gasteiger partial charge on any atom is -0.497 e. The first kappa shape index (κ1) is 21.9. The number of nitrogens with zero attached hydrogens (tertiary/aromatic N) is 4. The number of carbonyl (C=O) groups excluding carboxylic acids is 1. The molecule has 0 bridgehead atoms. The standard InChI is InChI=1S/C23H28N4O2S2/c1-16(2)12-21-25-20(15-30-21)23(28)27-10-8-26(9-11-27)13-18-14-31-22(24-18)17-4-6-19(29-3)7-5-17/h4-7,14-16H,8-13H2,1-3H3. The summed E-state index contributed by atoms with van der Waals surface area (Å²) in [5.41, 5.74) is 2.78. The number of benzene rings is 1. The van der Waals surface area contributed by atoms with Crippen LogP contribution in [-0.4, -0.2) is 59.0 Å². The van der Waals surface area contributed by atoms with Crippen molar-refractivity contribution in [2.24, 2.45) is 5.92 Å². The summed E-state index contributed by atoms with van der Waals surface area (Å²) in [6.07, 6.45) is 0.928. The fourth-order valence-corrected chi connectivity index (χ4v) is 5.40. The summed E-state index contributed by atoms with van der Waals surface area (Å²) in [5.74, 6) is 1.46. The molecule has 1 aromatic carbocycles. The van der Waals surface area contributed by atoms with E-state index in [2.05, 4.69) is 29.1 Å². The van der Waals surface area contributed by atoms with Gasteiger partial charge in [-0.2, -0.15) is 0 Å². The van der Waals surface area contributed by atoms with E-state index in [1.807, 2.05) is 34.5 Å². The Labute approximate surface area is 191 Å². The van der Waals surface area contributed by atoms with Gasteiger partial charge in [-0.1, -0.05) is 13.8 Å². The van der Waals surface area contributed by atoms with Crippen LogP contribution in [0.3, 0.4) is 0 Å². The molecule has 1 amide bonds. The van der Waals surface area contributed by atoms with Crippen molar-refractivity contribution in [1.29, 1.82) is 0 Å². The lowest BCUT2D eigenvalue weighted by molar-refractivity contribution is 0.0622. The van der Waals surface area contributed by atoms with Crippen LogP contribution < -0.4 is 4.74 Å². The third kappa shape index (κ3) is 5.50.